The fourth-order valence-electron chi connectivity index (χ4n) is 1.71. The van der Waals surface area contributed by atoms with E-state index in [0.29, 0.717) is 6.42 Å². The fourth-order valence-corrected chi connectivity index (χ4v) is 1.80. The highest BCUT2D eigenvalue weighted by Gasteiger charge is 2.05. The number of hydrogen-bond acceptors (Lipinski definition) is 1. The van der Waals surface area contributed by atoms with Crippen LogP contribution in [0.3, 0.4) is 0 Å². The van der Waals surface area contributed by atoms with E-state index in [1.807, 2.05) is 42.5 Å². The van der Waals surface area contributed by atoms with Crippen molar-refractivity contribution in [3.8, 4) is 0 Å². The molecule has 0 radical (unpaired) electrons. The Kier molecular flexibility index (Phi) is 3.02. The number of Topliss-reactive ketones (excluding diaryl/α,β-unsaturated/α-hetero) is 1. The van der Waals surface area contributed by atoms with Crippen molar-refractivity contribution >= 4 is 28.2 Å². The van der Waals surface area contributed by atoms with Crippen molar-refractivity contribution in [3.63, 3.8) is 0 Å². The number of ketones is 1. The predicted molar refractivity (Wildman–Crippen MR) is 63.4 cm³/mol. The number of rotatable bonds is 3. The summed E-state index contributed by atoms with van der Waals surface area (Å²) in [5.41, 5.74) is 1.05. The second kappa shape index (κ2) is 4.45. The summed E-state index contributed by atoms with van der Waals surface area (Å²) in [6.45, 7) is 0. The lowest BCUT2D eigenvalue weighted by atomic mass is 10.0. The molecule has 76 valence electrons. The Balaban J connectivity index is 2.46. The molecule has 15 heavy (non-hydrogen) atoms. The number of hydrogen-bond donors (Lipinski definition) is 0. The van der Waals surface area contributed by atoms with E-state index in [-0.39, 0.29) is 11.7 Å². The Labute approximate surface area is 93.7 Å². The molecule has 0 aliphatic rings. The van der Waals surface area contributed by atoms with Crippen LogP contribution in [0.15, 0.2) is 42.5 Å². The van der Waals surface area contributed by atoms with Gasteiger partial charge in [0.15, 0.2) is 5.78 Å². The van der Waals surface area contributed by atoms with Crippen LogP contribution in [-0.2, 0) is 11.2 Å². The van der Waals surface area contributed by atoms with Crippen LogP contribution in [0.4, 0.5) is 0 Å². The summed E-state index contributed by atoms with van der Waals surface area (Å²) in [5, 5.41) is 2.30. The van der Waals surface area contributed by atoms with E-state index in [0.717, 1.165) is 16.3 Å². The summed E-state index contributed by atoms with van der Waals surface area (Å²) in [6.07, 6.45) is 0.421. The number of carbonyl (C=O) groups excluding carboxylic acids is 1. The number of halogens is 1. The molecular formula is C13H11ClO. The third kappa shape index (κ3) is 2.18. The first-order chi connectivity index (χ1) is 7.31. The Morgan fingerprint density at radius 2 is 1.80 bits per heavy atom. The Morgan fingerprint density at radius 3 is 2.60 bits per heavy atom. The number of benzene rings is 2. The lowest BCUT2D eigenvalue weighted by Crippen LogP contribution is -2.03. The third-order valence-corrected chi connectivity index (χ3v) is 2.71. The van der Waals surface area contributed by atoms with Crippen molar-refractivity contribution in [2.75, 3.05) is 5.88 Å². The zero-order chi connectivity index (χ0) is 10.7. The summed E-state index contributed by atoms with van der Waals surface area (Å²) in [4.78, 5) is 11.3. The van der Waals surface area contributed by atoms with Gasteiger partial charge in [0.25, 0.3) is 0 Å². The quantitative estimate of drug-likeness (QED) is 0.724. The maximum absolute atomic E-state index is 11.3. The van der Waals surface area contributed by atoms with E-state index >= 15 is 0 Å². The van der Waals surface area contributed by atoms with Crippen LogP contribution >= 0.6 is 11.6 Å². The Morgan fingerprint density at radius 1 is 1.07 bits per heavy atom. The third-order valence-electron chi connectivity index (χ3n) is 2.42. The zero-order valence-corrected chi connectivity index (χ0v) is 9.00. The molecule has 0 aliphatic carbocycles. The van der Waals surface area contributed by atoms with E-state index in [4.69, 9.17) is 11.6 Å². The first kappa shape index (κ1) is 10.2. The van der Waals surface area contributed by atoms with Gasteiger partial charge in [-0.1, -0.05) is 42.5 Å². The molecule has 2 rings (SSSR count). The molecule has 2 aromatic rings. The van der Waals surface area contributed by atoms with Gasteiger partial charge in [0.2, 0.25) is 0 Å². The largest absolute Gasteiger partial charge is 0.298 e. The Hall–Kier alpha value is -1.34. The molecule has 0 saturated heterocycles. The van der Waals surface area contributed by atoms with E-state index in [1.54, 1.807) is 0 Å². The molecule has 0 fully saturated rings. The molecule has 0 heterocycles. The van der Waals surface area contributed by atoms with E-state index in [1.165, 1.54) is 0 Å². The van der Waals surface area contributed by atoms with E-state index in [9.17, 15) is 4.79 Å². The van der Waals surface area contributed by atoms with Crippen molar-refractivity contribution in [1.82, 2.24) is 0 Å². The smallest absolute Gasteiger partial charge is 0.151 e. The monoisotopic (exact) mass is 218 g/mol. The van der Waals surface area contributed by atoms with E-state index in [2.05, 4.69) is 0 Å². The maximum atomic E-state index is 11.3. The molecule has 0 unspecified atom stereocenters. The molecular weight excluding hydrogens is 208 g/mol. The second-order valence-electron chi connectivity index (χ2n) is 3.49. The van der Waals surface area contributed by atoms with Crippen molar-refractivity contribution < 1.29 is 4.79 Å². The molecule has 0 atom stereocenters. The van der Waals surface area contributed by atoms with Crippen LogP contribution in [0.5, 0.6) is 0 Å². The molecule has 0 spiro atoms. The summed E-state index contributed by atoms with van der Waals surface area (Å²) in [7, 11) is 0. The SMILES string of the molecule is O=C(CCl)Cc1cccc2ccccc12. The minimum absolute atomic E-state index is 0.0630. The first-order valence-corrected chi connectivity index (χ1v) is 5.39. The molecule has 0 saturated carbocycles. The molecule has 0 aliphatic heterocycles. The highest BCUT2D eigenvalue weighted by Crippen LogP contribution is 2.19. The van der Waals surface area contributed by atoms with Crippen LogP contribution in [0.1, 0.15) is 5.56 Å². The van der Waals surface area contributed by atoms with Gasteiger partial charge in [0, 0.05) is 6.42 Å². The molecule has 0 N–H and O–H groups in total. The van der Waals surface area contributed by atoms with Gasteiger partial charge in [-0.05, 0) is 16.3 Å². The van der Waals surface area contributed by atoms with Gasteiger partial charge in [-0.2, -0.15) is 0 Å². The number of fused-ring (bicyclic) bond motifs is 1. The van der Waals surface area contributed by atoms with Crippen molar-refractivity contribution in [3.05, 3.63) is 48.0 Å². The lowest BCUT2D eigenvalue weighted by molar-refractivity contribution is -0.116. The molecule has 0 aromatic heterocycles. The lowest BCUT2D eigenvalue weighted by Gasteiger charge is -2.04. The first-order valence-electron chi connectivity index (χ1n) is 4.85. The van der Waals surface area contributed by atoms with Crippen molar-refractivity contribution in [2.24, 2.45) is 0 Å². The molecule has 0 amide bonds. The average molecular weight is 219 g/mol. The van der Waals surface area contributed by atoms with Crippen molar-refractivity contribution in [2.45, 2.75) is 6.42 Å². The molecule has 0 bridgehead atoms. The Bertz CT molecular complexity index is 485. The summed E-state index contributed by atoms with van der Waals surface area (Å²) < 4.78 is 0. The van der Waals surface area contributed by atoms with Gasteiger partial charge in [0.05, 0.1) is 5.88 Å². The number of carbonyl (C=O) groups is 1. The minimum Gasteiger partial charge on any atom is -0.298 e. The second-order valence-corrected chi connectivity index (χ2v) is 3.75. The number of alkyl halides is 1. The van der Waals surface area contributed by atoms with Gasteiger partial charge >= 0.3 is 0 Å². The standard InChI is InChI=1S/C13H11ClO/c14-9-12(15)8-11-6-3-5-10-4-1-2-7-13(10)11/h1-7H,8-9H2. The predicted octanol–water partition coefficient (Wildman–Crippen LogP) is 3.19. The van der Waals surface area contributed by atoms with Gasteiger partial charge in [-0.25, -0.2) is 0 Å². The fraction of sp³-hybridized carbons (Fsp3) is 0.154. The van der Waals surface area contributed by atoms with Gasteiger partial charge in [-0.3, -0.25) is 4.79 Å². The highest BCUT2D eigenvalue weighted by atomic mass is 35.5. The zero-order valence-electron chi connectivity index (χ0n) is 8.24. The van der Waals surface area contributed by atoms with Crippen LogP contribution in [-0.4, -0.2) is 11.7 Å². The van der Waals surface area contributed by atoms with Crippen LogP contribution in [0.2, 0.25) is 0 Å². The highest BCUT2D eigenvalue weighted by molar-refractivity contribution is 6.27. The molecule has 2 aromatic carbocycles. The van der Waals surface area contributed by atoms with Gasteiger partial charge in [0.1, 0.15) is 0 Å². The summed E-state index contributed by atoms with van der Waals surface area (Å²) in [6, 6.07) is 14.1. The molecule has 1 nitrogen and oxygen atoms in total. The van der Waals surface area contributed by atoms with Gasteiger partial charge < -0.3 is 0 Å². The van der Waals surface area contributed by atoms with Crippen molar-refractivity contribution in [1.29, 1.82) is 0 Å². The normalized spacial score (nSPS) is 10.5. The van der Waals surface area contributed by atoms with Crippen LogP contribution < -0.4 is 0 Å². The van der Waals surface area contributed by atoms with E-state index < -0.39 is 0 Å². The maximum Gasteiger partial charge on any atom is 0.151 e. The van der Waals surface area contributed by atoms with Crippen LogP contribution in [0.25, 0.3) is 10.8 Å². The average Bonchev–Trinajstić information content (AvgIpc) is 2.29. The molecule has 2 heteroatoms. The minimum atomic E-state index is 0.0630. The summed E-state index contributed by atoms with van der Waals surface area (Å²) >= 11 is 5.50. The summed E-state index contributed by atoms with van der Waals surface area (Å²) in [5.74, 6) is 0.150. The topological polar surface area (TPSA) is 17.1 Å². The van der Waals surface area contributed by atoms with Gasteiger partial charge in [-0.15, -0.1) is 11.6 Å². The van der Waals surface area contributed by atoms with Crippen LogP contribution in [0, 0.1) is 0 Å².